The third kappa shape index (κ3) is 3.55. The number of amides is 1. The summed E-state index contributed by atoms with van der Waals surface area (Å²) in [6, 6.07) is 8.53. The molecule has 3 rings (SSSR count). The Labute approximate surface area is 137 Å². The van der Waals surface area contributed by atoms with Gasteiger partial charge in [0, 0.05) is 12.8 Å². The second-order valence-corrected chi connectivity index (χ2v) is 6.47. The highest BCUT2D eigenvalue weighted by Gasteiger charge is 2.41. The van der Waals surface area contributed by atoms with Crippen molar-refractivity contribution < 1.29 is 19.2 Å². The Bertz CT molecular complexity index is 562. The van der Waals surface area contributed by atoms with Crippen LogP contribution in [0.2, 0.25) is 0 Å². The van der Waals surface area contributed by atoms with E-state index in [-0.39, 0.29) is 24.3 Å². The third-order valence-corrected chi connectivity index (χ3v) is 4.89. The first-order valence-electron chi connectivity index (χ1n) is 8.54. The largest absolute Gasteiger partial charge is 0.466 e. The van der Waals surface area contributed by atoms with Gasteiger partial charge in [0.15, 0.2) is 6.04 Å². The van der Waals surface area contributed by atoms with Crippen LogP contribution in [0.15, 0.2) is 24.3 Å². The fourth-order valence-electron chi connectivity index (χ4n) is 3.77. The van der Waals surface area contributed by atoms with Gasteiger partial charge in [0.2, 0.25) is 0 Å². The van der Waals surface area contributed by atoms with Crippen LogP contribution in [0.3, 0.4) is 0 Å². The summed E-state index contributed by atoms with van der Waals surface area (Å²) >= 11 is 0. The Hall–Kier alpha value is -1.88. The smallest absolute Gasteiger partial charge is 0.312 e. The van der Waals surface area contributed by atoms with E-state index in [1.165, 1.54) is 16.0 Å². The van der Waals surface area contributed by atoms with E-state index in [2.05, 4.69) is 29.6 Å². The molecule has 124 valence electrons. The predicted molar refractivity (Wildman–Crippen MR) is 86.1 cm³/mol. The van der Waals surface area contributed by atoms with Crippen LogP contribution < -0.4 is 10.2 Å². The van der Waals surface area contributed by atoms with Crippen molar-refractivity contribution >= 4 is 11.9 Å². The Morgan fingerprint density at radius 2 is 2.00 bits per heavy atom. The average Bonchev–Trinajstić information content (AvgIpc) is 2.98. The molecule has 0 bridgehead atoms. The molecule has 0 spiro atoms. The van der Waals surface area contributed by atoms with Crippen molar-refractivity contribution in [2.24, 2.45) is 0 Å². The molecular formula is C18H25N2O3+. The maximum absolute atomic E-state index is 12.3. The van der Waals surface area contributed by atoms with Crippen molar-refractivity contribution in [1.29, 1.82) is 0 Å². The molecule has 1 aliphatic carbocycles. The van der Waals surface area contributed by atoms with Gasteiger partial charge in [-0.25, -0.2) is 0 Å². The highest BCUT2D eigenvalue weighted by atomic mass is 16.5. The highest BCUT2D eigenvalue weighted by Crippen LogP contribution is 2.20. The molecule has 1 heterocycles. The Kier molecular flexibility index (Phi) is 4.96. The van der Waals surface area contributed by atoms with Gasteiger partial charge in [-0.15, -0.1) is 0 Å². The van der Waals surface area contributed by atoms with Crippen molar-refractivity contribution in [3.8, 4) is 0 Å². The number of benzene rings is 1. The van der Waals surface area contributed by atoms with E-state index in [1.807, 2.05) is 6.92 Å². The van der Waals surface area contributed by atoms with Gasteiger partial charge < -0.3 is 15.0 Å². The van der Waals surface area contributed by atoms with E-state index in [1.54, 1.807) is 0 Å². The zero-order chi connectivity index (χ0) is 16.2. The topological polar surface area (TPSA) is 59.8 Å². The summed E-state index contributed by atoms with van der Waals surface area (Å²) in [6.45, 7) is 3.95. The van der Waals surface area contributed by atoms with E-state index < -0.39 is 0 Å². The molecule has 2 unspecified atom stereocenters. The van der Waals surface area contributed by atoms with Crippen LogP contribution in [0.5, 0.6) is 0 Å². The number of hydrogen-bond acceptors (Lipinski definition) is 3. The number of nitrogens with one attached hydrogen (secondary N) is 2. The Morgan fingerprint density at radius 3 is 2.65 bits per heavy atom. The van der Waals surface area contributed by atoms with Gasteiger partial charge in [0.25, 0.3) is 5.91 Å². The third-order valence-electron chi connectivity index (χ3n) is 4.89. The minimum atomic E-state index is -0.326. The molecular weight excluding hydrogens is 292 g/mol. The molecule has 0 radical (unpaired) electrons. The van der Waals surface area contributed by atoms with Crippen LogP contribution in [0.4, 0.5) is 0 Å². The minimum absolute atomic E-state index is 0.0179. The molecule has 5 heteroatoms. The number of hydrogen-bond donors (Lipinski definition) is 2. The minimum Gasteiger partial charge on any atom is -0.466 e. The van der Waals surface area contributed by atoms with Gasteiger partial charge in [-0.05, 0) is 17.5 Å². The molecule has 0 saturated carbocycles. The van der Waals surface area contributed by atoms with Gasteiger partial charge >= 0.3 is 5.97 Å². The maximum Gasteiger partial charge on any atom is 0.312 e. The van der Waals surface area contributed by atoms with Gasteiger partial charge in [-0.3, -0.25) is 9.59 Å². The fraction of sp³-hybridized carbons (Fsp3) is 0.556. The average molecular weight is 317 g/mol. The second kappa shape index (κ2) is 7.13. The lowest BCUT2D eigenvalue weighted by atomic mass is 10.0. The number of carbonyl (C=O) groups is 2. The van der Waals surface area contributed by atoms with Crippen LogP contribution in [0.25, 0.3) is 0 Å². The SMILES string of the molecule is CCCOC(=O)CC1C(=O)NCC[NH+]1C1Cc2ccccc2C1. The zero-order valence-corrected chi connectivity index (χ0v) is 13.6. The molecule has 2 aliphatic rings. The summed E-state index contributed by atoms with van der Waals surface area (Å²) in [5, 5.41) is 2.90. The quantitative estimate of drug-likeness (QED) is 0.745. The molecule has 1 aromatic rings. The lowest BCUT2D eigenvalue weighted by Gasteiger charge is -2.35. The standard InChI is InChI=1S/C18H24N2O3/c1-2-9-23-17(21)12-16-18(22)19-7-8-20(16)15-10-13-5-3-4-6-14(13)11-15/h3-6,15-16H,2,7-12H2,1H3,(H,19,22)/p+1. The van der Waals surface area contributed by atoms with Crippen molar-refractivity contribution in [1.82, 2.24) is 5.32 Å². The zero-order valence-electron chi connectivity index (χ0n) is 13.6. The molecule has 5 nitrogen and oxygen atoms in total. The summed E-state index contributed by atoms with van der Waals surface area (Å²) in [5.74, 6) is -0.280. The van der Waals surface area contributed by atoms with Gasteiger partial charge in [-0.2, -0.15) is 0 Å². The molecule has 1 aromatic carbocycles. The van der Waals surface area contributed by atoms with E-state index in [9.17, 15) is 9.59 Å². The lowest BCUT2D eigenvalue weighted by molar-refractivity contribution is -0.941. The molecule has 23 heavy (non-hydrogen) atoms. The number of piperazine rings is 1. The molecule has 1 amide bonds. The Morgan fingerprint density at radius 1 is 1.30 bits per heavy atom. The van der Waals surface area contributed by atoms with Crippen LogP contribution in [0.1, 0.15) is 30.9 Å². The molecule has 2 N–H and O–H groups in total. The summed E-state index contributed by atoms with van der Waals surface area (Å²) in [4.78, 5) is 25.5. The number of quaternary nitrogens is 1. The Balaban J connectivity index is 1.69. The predicted octanol–water partition coefficient (Wildman–Crippen LogP) is -0.120. The number of ether oxygens (including phenoxy) is 1. The van der Waals surface area contributed by atoms with Crippen molar-refractivity contribution in [2.45, 2.75) is 44.7 Å². The lowest BCUT2D eigenvalue weighted by Crippen LogP contribution is -3.22. The summed E-state index contributed by atoms with van der Waals surface area (Å²) in [5.41, 5.74) is 2.76. The van der Waals surface area contributed by atoms with Gasteiger partial charge in [0.05, 0.1) is 25.7 Å². The highest BCUT2D eigenvalue weighted by molar-refractivity contribution is 5.85. The number of fused-ring (bicyclic) bond motifs is 1. The van der Waals surface area contributed by atoms with Crippen molar-refractivity contribution in [2.75, 3.05) is 19.7 Å². The molecule has 1 saturated heterocycles. The fourth-order valence-corrected chi connectivity index (χ4v) is 3.77. The molecule has 1 fully saturated rings. The summed E-state index contributed by atoms with van der Waals surface area (Å²) < 4.78 is 5.18. The van der Waals surface area contributed by atoms with E-state index in [0.29, 0.717) is 19.2 Å². The van der Waals surface area contributed by atoms with Crippen molar-refractivity contribution in [3.63, 3.8) is 0 Å². The van der Waals surface area contributed by atoms with Crippen LogP contribution >= 0.6 is 0 Å². The first kappa shape index (κ1) is 16.0. The maximum atomic E-state index is 12.3. The molecule has 1 aliphatic heterocycles. The molecule has 0 aromatic heterocycles. The normalized spacial score (nSPS) is 24.1. The number of rotatable bonds is 5. The van der Waals surface area contributed by atoms with Crippen LogP contribution in [-0.2, 0) is 27.2 Å². The summed E-state index contributed by atoms with van der Waals surface area (Å²) in [7, 11) is 0. The second-order valence-electron chi connectivity index (χ2n) is 6.47. The van der Waals surface area contributed by atoms with Crippen LogP contribution in [0, 0.1) is 0 Å². The monoisotopic (exact) mass is 317 g/mol. The van der Waals surface area contributed by atoms with Crippen LogP contribution in [-0.4, -0.2) is 43.7 Å². The molecule has 2 atom stereocenters. The first-order valence-corrected chi connectivity index (χ1v) is 8.54. The van der Waals surface area contributed by atoms with E-state index >= 15 is 0 Å². The summed E-state index contributed by atoms with van der Waals surface area (Å²) in [6.07, 6.45) is 2.95. The number of carbonyl (C=O) groups excluding carboxylic acids is 2. The van der Waals surface area contributed by atoms with E-state index in [0.717, 1.165) is 25.8 Å². The van der Waals surface area contributed by atoms with Gasteiger partial charge in [-0.1, -0.05) is 31.2 Å². The van der Waals surface area contributed by atoms with E-state index in [4.69, 9.17) is 4.74 Å². The van der Waals surface area contributed by atoms with Crippen molar-refractivity contribution in [3.05, 3.63) is 35.4 Å². The number of esters is 1. The first-order chi connectivity index (χ1) is 11.2. The van der Waals surface area contributed by atoms with Gasteiger partial charge in [0.1, 0.15) is 6.42 Å².